The molecule has 0 amide bonds. The van der Waals surface area contributed by atoms with Gasteiger partial charge in [-0.3, -0.25) is 0 Å². The van der Waals surface area contributed by atoms with E-state index in [0.29, 0.717) is 15.4 Å². The van der Waals surface area contributed by atoms with Crippen LogP contribution in [0.15, 0.2) is 0 Å². The summed E-state index contributed by atoms with van der Waals surface area (Å²) in [6.07, 6.45) is 2.83. The predicted molar refractivity (Wildman–Crippen MR) is 35.9 cm³/mol. The van der Waals surface area contributed by atoms with E-state index in [1.54, 1.807) is 10.5 Å². The van der Waals surface area contributed by atoms with E-state index in [-0.39, 0.29) is 0 Å². The molecular weight excluding hydrogens is 145 g/mol. The van der Waals surface area contributed by atoms with E-state index in [1.165, 1.54) is 12.8 Å². The van der Waals surface area contributed by atoms with Crippen LogP contribution in [0.25, 0.3) is 0 Å². The summed E-state index contributed by atoms with van der Waals surface area (Å²) in [6.45, 7) is 4.55. The van der Waals surface area contributed by atoms with Crippen molar-refractivity contribution < 1.29 is 0 Å². The summed E-state index contributed by atoms with van der Waals surface area (Å²) in [5.74, 6) is 0. The molecule has 0 aliphatic heterocycles. The fourth-order valence-electron chi connectivity index (χ4n) is 0.479. The molecule has 0 unspecified atom stereocenters. The molecule has 0 aromatic heterocycles. The second kappa shape index (κ2) is 6.54. The van der Waals surface area contributed by atoms with E-state index < -0.39 is 0 Å². The first kappa shape index (κ1) is 7.54. The van der Waals surface area contributed by atoms with Crippen molar-refractivity contribution in [2.75, 3.05) is 0 Å². The quantitative estimate of drug-likeness (QED) is 0.436. The van der Waals surface area contributed by atoms with Gasteiger partial charge in [0.25, 0.3) is 0 Å². The number of rotatable bonds is 4. The molecule has 2 radical (unpaired) electrons. The molecule has 0 saturated heterocycles. The Morgan fingerprint density at radius 2 is 1.43 bits per heavy atom. The van der Waals surface area contributed by atoms with Gasteiger partial charge < -0.3 is 0 Å². The van der Waals surface area contributed by atoms with Gasteiger partial charge in [0, 0.05) is 0 Å². The Bertz CT molecular complexity index is 23.4. The standard InChI is InChI=1S/C6H14Ge/c1-3-5-7-6-4-2/h3-6H2,1-2H3. The molecule has 0 nitrogen and oxygen atoms in total. The van der Waals surface area contributed by atoms with Crippen molar-refractivity contribution in [3.05, 3.63) is 0 Å². The van der Waals surface area contributed by atoms with E-state index in [4.69, 9.17) is 0 Å². The van der Waals surface area contributed by atoms with Gasteiger partial charge in [0.15, 0.2) is 0 Å². The Balaban J connectivity index is 2.45. The average Bonchev–Trinajstić information content (AvgIpc) is 1.69. The van der Waals surface area contributed by atoms with E-state index in [0.717, 1.165) is 0 Å². The van der Waals surface area contributed by atoms with E-state index in [1.807, 2.05) is 0 Å². The van der Waals surface area contributed by atoms with Gasteiger partial charge in [-0.05, 0) is 0 Å². The maximum absolute atomic E-state index is 2.28. The first-order chi connectivity index (χ1) is 3.41. The Morgan fingerprint density at radius 1 is 1.00 bits per heavy atom. The van der Waals surface area contributed by atoms with Crippen molar-refractivity contribution >= 4 is 15.4 Å². The molecule has 0 aromatic rings. The molecule has 0 saturated carbocycles. The van der Waals surface area contributed by atoms with Crippen LogP contribution in [0.2, 0.25) is 10.5 Å². The van der Waals surface area contributed by atoms with Crippen LogP contribution in [-0.2, 0) is 0 Å². The van der Waals surface area contributed by atoms with Gasteiger partial charge >= 0.3 is 52.6 Å². The van der Waals surface area contributed by atoms with Crippen LogP contribution in [0.4, 0.5) is 0 Å². The molecule has 0 aliphatic carbocycles. The van der Waals surface area contributed by atoms with Gasteiger partial charge in [-0.1, -0.05) is 0 Å². The van der Waals surface area contributed by atoms with Gasteiger partial charge in [0.2, 0.25) is 0 Å². The summed E-state index contributed by atoms with van der Waals surface area (Å²) >= 11 is 0.514. The maximum atomic E-state index is 2.28. The van der Waals surface area contributed by atoms with Crippen molar-refractivity contribution in [1.82, 2.24) is 0 Å². The zero-order chi connectivity index (χ0) is 5.54. The van der Waals surface area contributed by atoms with Gasteiger partial charge in [-0.2, -0.15) is 0 Å². The third-order valence-corrected chi connectivity index (χ3v) is 4.44. The molecular formula is C6H14Ge. The SMILES string of the molecule is CC[CH2][Ge][CH2]CC. The van der Waals surface area contributed by atoms with Crippen LogP contribution in [0.1, 0.15) is 26.7 Å². The molecule has 0 aliphatic rings. The summed E-state index contributed by atoms with van der Waals surface area (Å²) < 4.78 is 0. The van der Waals surface area contributed by atoms with Crippen LogP contribution < -0.4 is 0 Å². The molecule has 0 aromatic carbocycles. The molecule has 0 atom stereocenters. The molecule has 0 spiro atoms. The van der Waals surface area contributed by atoms with Crippen LogP contribution in [0, 0.1) is 0 Å². The molecule has 0 fully saturated rings. The fraction of sp³-hybridized carbons (Fsp3) is 1.00. The first-order valence-electron chi connectivity index (χ1n) is 3.12. The van der Waals surface area contributed by atoms with Gasteiger partial charge in [-0.15, -0.1) is 0 Å². The summed E-state index contributed by atoms with van der Waals surface area (Å²) in [5.41, 5.74) is 0. The fourth-order valence-corrected chi connectivity index (χ4v) is 2.49. The second-order valence-corrected chi connectivity index (χ2v) is 4.90. The summed E-state index contributed by atoms with van der Waals surface area (Å²) in [6, 6.07) is 0. The van der Waals surface area contributed by atoms with Gasteiger partial charge in [-0.25, -0.2) is 0 Å². The zero-order valence-electron chi connectivity index (χ0n) is 5.33. The van der Waals surface area contributed by atoms with Crippen LogP contribution in [0.5, 0.6) is 0 Å². The van der Waals surface area contributed by atoms with Crippen molar-refractivity contribution in [3.63, 3.8) is 0 Å². The minimum atomic E-state index is 0.514. The first-order valence-corrected chi connectivity index (χ1v) is 6.09. The van der Waals surface area contributed by atoms with Crippen molar-refractivity contribution in [1.29, 1.82) is 0 Å². The third-order valence-electron chi connectivity index (χ3n) is 0.854. The van der Waals surface area contributed by atoms with Crippen molar-refractivity contribution in [2.24, 2.45) is 0 Å². The number of hydrogen-bond acceptors (Lipinski definition) is 0. The minimum absolute atomic E-state index is 0.514. The summed E-state index contributed by atoms with van der Waals surface area (Å²) in [5, 5.41) is 3.10. The van der Waals surface area contributed by atoms with Crippen LogP contribution in [0.3, 0.4) is 0 Å². The molecule has 0 heterocycles. The van der Waals surface area contributed by atoms with Crippen LogP contribution >= 0.6 is 0 Å². The molecule has 1 heteroatoms. The molecule has 42 valence electrons. The van der Waals surface area contributed by atoms with Crippen LogP contribution in [-0.4, -0.2) is 15.4 Å². The Labute approximate surface area is 53.2 Å². The zero-order valence-corrected chi connectivity index (χ0v) is 7.43. The molecule has 0 rings (SSSR count). The Kier molecular flexibility index (Phi) is 7.05. The van der Waals surface area contributed by atoms with Crippen molar-refractivity contribution in [2.45, 2.75) is 37.2 Å². The average molecular weight is 159 g/mol. The normalized spacial score (nSPS) is 9.43. The predicted octanol–water partition coefficient (Wildman–Crippen LogP) is 2.35. The second-order valence-electron chi connectivity index (χ2n) is 1.75. The van der Waals surface area contributed by atoms with Gasteiger partial charge in [0.05, 0.1) is 0 Å². The summed E-state index contributed by atoms with van der Waals surface area (Å²) in [4.78, 5) is 0. The van der Waals surface area contributed by atoms with E-state index in [2.05, 4.69) is 13.8 Å². The van der Waals surface area contributed by atoms with E-state index in [9.17, 15) is 0 Å². The van der Waals surface area contributed by atoms with Gasteiger partial charge in [0.1, 0.15) is 0 Å². The molecule has 0 N–H and O–H groups in total. The summed E-state index contributed by atoms with van der Waals surface area (Å²) in [7, 11) is 0. The monoisotopic (exact) mass is 160 g/mol. The topological polar surface area (TPSA) is 0 Å². The Hall–Kier alpha value is 0.543. The molecule has 0 bridgehead atoms. The Morgan fingerprint density at radius 3 is 1.71 bits per heavy atom. The van der Waals surface area contributed by atoms with E-state index >= 15 is 0 Å². The van der Waals surface area contributed by atoms with Crippen molar-refractivity contribution in [3.8, 4) is 0 Å². The number of hydrogen-bond donors (Lipinski definition) is 0. The molecule has 7 heavy (non-hydrogen) atoms. The third kappa shape index (κ3) is 6.54.